The average Bonchev–Trinajstić information content (AvgIpc) is 2.55. The van der Waals surface area contributed by atoms with E-state index in [9.17, 15) is 18.0 Å². The van der Waals surface area contributed by atoms with E-state index in [-0.39, 0.29) is 12.4 Å². The van der Waals surface area contributed by atoms with Gasteiger partial charge in [-0.05, 0) is 54.1 Å². The maximum absolute atomic E-state index is 12.7. The van der Waals surface area contributed by atoms with E-state index in [4.69, 9.17) is 4.74 Å². The third kappa shape index (κ3) is 5.99. The average molecular weight is 338 g/mol. The van der Waals surface area contributed by atoms with E-state index < -0.39 is 18.3 Å². The summed E-state index contributed by atoms with van der Waals surface area (Å²) in [6.45, 7) is -3.17. The number of halogens is 3. The first-order valence-electron chi connectivity index (χ1n) is 6.78. The van der Waals surface area contributed by atoms with E-state index in [1.165, 1.54) is 54.7 Å². The lowest BCUT2D eigenvalue weighted by molar-refractivity contribution is -0.123. The topological polar surface area (TPSA) is 59.9 Å². The van der Waals surface area contributed by atoms with Gasteiger partial charge >= 0.3 is 6.61 Å². The number of rotatable bonds is 7. The fourth-order valence-electron chi connectivity index (χ4n) is 1.63. The van der Waals surface area contributed by atoms with Gasteiger partial charge in [-0.3, -0.25) is 4.79 Å². The first kappa shape index (κ1) is 17.3. The first-order chi connectivity index (χ1) is 11.5. The van der Waals surface area contributed by atoms with Gasteiger partial charge in [0.05, 0.1) is 6.21 Å². The van der Waals surface area contributed by atoms with Crippen LogP contribution in [0, 0.1) is 5.82 Å². The second kappa shape index (κ2) is 8.56. The summed E-state index contributed by atoms with van der Waals surface area (Å²) >= 11 is 0. The van der Waals surface area contributed by atoms with Crippen LogP contribution < -0.4 is 14.9 Å². The number of benzene rings is 2. The van der Waals surface area contributed by atoms with Crippen molar-refractivity contribution < 1.29 is 27.4 Å². The molecule has 0 spiro atoms. The number of nitrogens with one attached hydrogen (secondary N) is 1. The Balaban J connectivity index is 1.76. The van der Waals surface area contributed by atoms with Crippen molar-refractivity contribution in [2.75, 3.05) is 6.61 Å². The van der Waals surface area contributed by atoms with E-state index in [2.05, 4.69) is 15.3 Å². The summed E-state index contributed by atoms with van der Waals surface area (Å²) < 4.78 is 46.0. The smallest absolute Gasteiger partial charge is 0.387 e. The van der Waals surface area contributed by atoms with Crippen molar-refractivity contribution in [2.24, 2.45) is 5.10 Å². The monoisotopic (exact) mass is 338 g/mol. The summed E-state index contributed by atoms with van der Waals surface area (Å²) in [5.41, 5.74) is 2.82. The van der Waals surface area contributed by atoms with Gasteiger partial charge in [0.15, 0.2) is 6.61 Å². The van der Waals surface area contributed by atoms with E-state index in [1.807, 2.05) is 0 Å². The zero-order valence-electron chi connectivity index (χ0n) is 12.3. The van der Waals surface area contributed by atoms with Crippen molar-refractivity contribution in [3.63, 3.8) is 0 Å². The van der Waals surface area contributed by atoms with Gasteiger partial charge in [0.2, 0.25) is 0 Å². The summed E-state index contributed by atoms with van der Waals surface area (Å²) in [5, 5.41) is 3.71. The molecule has 2 aromatic carbocycles. The van der Waals surface area contributed by atoms with E-state index >= 15 is 0 Å². The van der Waals surface area contributed by atoms with Gasteiger partial charge in [-0.2, -0.15) is 13.9 Å². The molecule has 2 aromatic rings. The molecule has 0 fully saturated rings. The summed E-state index contributed by atoms with van der Waals surface area (Å²) in [7, 11) is 0. The Labute approximate surface area is 135 Å². The minimum Gasteiger partial charge on any atom is -0.484 e. The predicted octanol–water partition coefficient (Wildman–Crippen LogP) is 2.96. The normalized spacial score (nSPS) is 10.8. The number of carbonyl (C=O) groups is 1. The highest BCUT2D eigenvalue weighted by Crippen LogP contribution is 2.14. The van der Waals surface area contributed by atoms with Gasteiger partial charge in [-0.25, -0.2) is 9.82 Å². The molecular formula is C16H13F3N2O3. The number of amides is 1. The van der Waals surface area contributed by atoms with Gasteiger partial charge in [-0.15, -0.1) is 0 Å². The summed E-state index contributed by atoms with van der Waals surface area (Å²) in [6, 6.07) is 10.9. The third-order valence-corrected chi connectivity index (χ3v) is 2.69. The Kier molecular flexibility index (Phi) is 6.18. The molecule has 0 aliphatic carbocycles. The number of ether oxygens (including phenoxy) is 2. The molecular weight excluding hydrogens is 325 g/mol. The van der Waals surface area contributed by atoms with Crippen molar-refractivity contribution in [3.8, 4) is 11.5 Å². The quantitative estimate of drug-likeness (QED) is 0.624. The Bertz CT molecular complexity index is 689. The number of nitrogens with zero attached hydrogens (tertiary/aromatic N) is 1. The van der Waals surface area contributed by atoms with Crippen molar-refractivity contribution in [3.05, 3.63) is 59.9 Å². The molecule has 0 unspecified atom stereocenters. The highest BCUT2D eigenvalue weighted by Gasteiger charge is 2.03. The summed E-state index contributed by atoms with van der Waals surface area (Å²) in [4.78, 5) is 11.5. The van der Waals surface area contributed by atoms with Crippen molar-refractivity contribution in [1.29, 1.82) is 0 Å². The molecule has 0 aliphatic rings. The molecule has 0 radical (unpaired) electrons. The number of carbonyl (C=O) groups excluding carboxylic acids is 1. The largest absolute Gasteiger partial charge is 0.484 e. The number of hydrazone groups is 1. The second-order valence-electron chi connectivity index (χ2n) is 4.48. The fourth-order valence-corrected chi connectivity index (χ4v) is 1.63. The zero-order valence-corrected chi connectivity index (χ0v) is 12.3. The molecule has 0 aromatic heterocycles. The van der Waals surface area contributed by atoms with Gasteiger partial charge in [0.25, 0.3) is 5.91 Å². The van der Waals surface area contributed by atoms with Crippen LogP contribution in [0.25, 0.3) is 0 Å². The minimum atomic E-state index is -2.88. The summed E-state index contributed by atoms with van der Waals surface area (Å²) in [5.74, 6) is -0.529. The molecule has 126 valence electrons. The van der Waals surface area contributed by atoms with Crippen LogP contribution in [0.1, 0.15) is 5.56 Å². The van der Waals surface area contributed by atoms with Crippen LogP contribution in [0.3, 0.4) is 0 Å². The Morgan fingerprint density at radius 1 is 1.08 bits per heavy atom. The minimum absolute atomic E-state index is 0.0267. The molecule has 2 rings (SSSR count). The van der Waals surface area contributed by atoms with Crippen molar-refractivity contribution >= 4 is 12.1 Å². The molecule has 0 heterocycles. The highest BCUT2D eigenvalue weighted by atomic mass is 19.3. The predicted molar refractivity (Wildman–Crippen MR) is 80.7 cm³/mol. The molecule has 24 heavy (non-hydrogen) atoms. The van der Waals surface area contributed by atoms with Gasteiger partial charge in [0, 0.05) is 0 Å². The molecule has 1 amide bonds. The van der Waals surface area contributed by atoms with Crippen LogP contribution in [-0.2, 0) is 4.79 Å². The molecule has 0 bridgehead atoms. The van der Waals surface area contributed by atoms with Crippen LogP contribution in [0.5, 0.6) is 11.5 Å². The lowest BCUT2D eigenvalue weighted by Crippen LogP contribution is -2.24. The van der Waals surface area contributed by atoms with Crippen LogP contribution >= 0.6 is 0 Å². The van der Waals surface area contributed by atoms with E-state index in [0.29, 0.717) is 11.3 Å². The lowest BCUT2D eigenvalue weighted by Gasteiger charge is -2.05. The molecule has 0 saturated heterocycles. The molecule has 0 aliphatic heterocycles. The first-order valence-corrected chi connectivity index (χ1v) is 6.78. The molecule has 1 N–H and O–H groups in total. The van der Waals surface area contributed by atoms with Gasteiger partial charge in [-0.1, -0.05) is 0 Å². The summed E-state index contributed by atoms with van der Waals surface area (Å²) in [6.07, 6.45) is 1.34. The SMILES string of the molecule is O=C(COc1ccc(F)cc1)N/N=C\c1ccc(OC(F)F)cc1. The third-order valence-electron chi connectivity index (χ3n) is 2.69. The fraction of sp³-hybridized carbons (Fsp3) is 0.125. The van der Waals surface area contributed by atoms with Crippen molar-refractivity contribution in [2.45, 2.75) is 6.61 Å². The van der Waals surface area contributed by atoms with Gasteiger partial charge in [0.1, 0.15) is 17.3 Å². The number of alkyl halides is 2. The van der Waals surface area contributed by atoms with Crippen LogP contribution in [0.4, 0.5) is 13.2 Å². The van der Waals surface area contributed by atoms with E-state index in [0.717, 1.165) is 0 Å². The van der Waals surface area contributed by atoms with Crippen molar-refractivity contribution in [1.82, 2.24) is 5.43 Å². The zero-order chi connectivity index (χ0) is 17.4. The van der Waals surface area contributed by atoms with Crippen LogP contribution in [0.2, 0.25) is 0 Å². The maximum Gasteiger partial charge on any atom is 0.387 e. The Morgan fingerprint density at radius 2 is 1.71 bits per heavy atom. The number of hydrogen-bond acceptors (Lipinski definition) is 4. The Morgan fingerprint density at radius 3 is 2.33 bits per heavy atom. The maximum atomic E-state index is 12.7. The lowest BCUT2D eigenvalue weighted by atomic mass is 10.2. The molecule has 0 atom stereocenters. The van der Waals surface area contributed by atoms with Crippen LogP contribution in [0.15, 0.2) is 53.6 Å². The molecule has 8 heteroatoms. The Hall–Kier alpha value is -3.03. The molecule has 5 nitrogen and oxygen atoms in total. The standard InChI is InChI=1S/C16H13F3N2O3/c17-12-3-7-13(8-4-12)23-10-15(22)21-20-9-11-1-5-14(6-2-11)24-16(18)19/h1-9,16H,10H2,(H,21,22)/b20-9-. The highest BCUT2D eigenvalue weighted by molar-refractivity contribution is 5.83. The van der Waals surface area contributed by atoms with E-state index in [1.54, 1.807) is 0 Å². The molecule has 0 saturated carbocycles. The van der Waals surface area contributed by atoms with Crippen LogP contribution in [-0.4, -0.2) is 25.3 Å². The number of hydrogen-bond donors (Lipinski definition) is 1. The second-order valence-corrected chi connectivity index (χ2v) is 4.48. The van der Waals surface area contributed by atoms with Gasteiger partial charge < -0.3 is 9.47 Å².